The normalized spacial score (nSPS) is 30.2. The zero-order valence-corrected chi connectivity index (χ0v) is 12.6. The van der Waals surface area contributed by atoms with Crippen LogP contribution in [-0.4, -0.2) is 44.5 Å². The molecule has 2 heterocycles. The summed E-state index contributed by atoms with van der Waals surface area (Å²) < 4.78 is 0. The van der Waals surface area contributed by atoms with Crippen molar-refractivity contribution in [3.05, 3.63) is 0 Å². The average molecular weight is 281 g/mol. The molecule has 2 saturated heterocycles. The largest absolute Gasteiger partial charge is 0.161 e. The van der Waals surface area contributed by atoms with E-state index in [0.717, 1.165) is 15.7 Å². The van der Waals surface area contributed by atoms with Gasteiger partial charge in [0.1, 0.15) is 0 Å². The molecule has 15 heavy (non-hydrogen) atoms. The van der Waals surface area contributed by atoms with E-state index in [1.807, 2.05) is 0 Å². The molecule has 0 nitrogen and oxygen atoms in total. The third-order valence-electron chi connectivity index (χ3n) is 2.57. The molecule has 0 amide bonds. The van der Waals surface area contributed by atoms with Crippen molar-refractivity contribution in [3.63, 3.8) is 0 Å². The molecular formula is C11H20S4. The van der Waals surface area contributed by atoms with Crippen LogP contribution in [0.5, 0.6) is 0 Å². The fourth-order valence-electron chi connectivity index (χ4n) is 1.37. The predicted octanol–water partition coefficient (Wildman–Crippen LogP) is 3.85. The molecular weight excluding hydrogens is 260 g/mol. The summed E-state index contributed by atoms with van der Waals surface area (Å²) in [6, 6.07) is 0. The summed E-state index contributed by atoms with van der Waals surface area (Å²) in [4.78, 5) is 0. The molecule has 3 unspecified atom stereocenters. The van der Waals surface area contributed by atoms with Gasteiger partial charge in [-0.05, 0) is 18.6 Å². The Morgan fingerprint density at radius 2 is 1.87 bits per heavy atom. The van der Waals surface area contributed by atoms with Gasteiger partial charge in [0.2, 0.25) is 0 Å². The van der Waals surface area contributed by atoms with Crippen molar-refractivity contribution in [1.82, 2.24) is 0 Å². The van der Waals surface area contributed by atoms with Gasteiger partial charge in [0, 0.05) is 38.8 Å². The summed E-state index contributed by atoms with van der Waals surface area (Å²) in [5.74, 6) is 7.05. The molecule has 2 aliphatic rings. The zero-order chi connectivity index (χ0) is 10.5. The van der Waals surface area contributed by atoms with Crippen LogP contribution in [0, 0.1) is 0 Å². The molecule has 0 aromatic heterocycles. The second-order valence-electron chi connectivity index (χ2n) is 4.27. The van der Waals surface area contributed by atoms with Crippen molar-refractivity contribution in [3.8, 4) is 0 Å². The van der Waals surface area contributed by atoms with E-state index >= 15 is 0 Å². The second kappa shape index (κ2) is 6.97. The van der Waals surface area contributed by atoms with Crippen LogP contribution in [0.1, 0.15) is 19.8 Å². The van der Waals surface area contributed by atoms with E-state index in [2.05, 4.69) is 54.0 Å². The van der Waals surface area contributed by atoms with Gasteiger partial charge in [-0.15, -0.1) is 0 Å². The lowest BCUT2D eigenvalue weighted by Gasteiger charge is -2.09. The molecule has 88 valence electrons. The smallest absolute Gasteiger partial charge is 0.0229 e. The molecule has 0 N–H and O–H groups in total. The van der Waals surface area contributed by atoms with Gasteiger partial charge in [-0.1, -0.05) is 6.92 Å². The quantitative estimate of drug-likeness (QED) is 0.464. The van der Waals surface area contributed by atoms with Gasteiger partial charge >= 0.3 is 0 Å². The lowest BCUT2D eigenvalue weighted by Crippen LogP contribution is -2.01. The van der Waals surface area contributed by atoms with Crippen molar-refractivity contribution in [2.75, 3.05) is 28.8 Å². The van der Waals surface area contributed by atoms with Gasteiger partial charge in [0.15, 0.2) is 0 Å². The summed E-state index contributed by atoms with van der Waals surface area (Å²) >= 11 is 8.61. The van der Waals surface area contributed by atoms with Gasteiger partial charge in [0.05, 0.1) is 0 Å². The Balaban J connectivity index is 1.35. The monoisotopic (exact) mass is 280 g/mol. The highest BCUT2D eigenvalue weighted by Gasteiger charge is 2.23. The molecule has 2 aliphatic heterocycles. The van der Waals surface area contributed by atoms with E-state index in [4.69, 9.17) is 0 Å². The van der Waals surface area contributed by atoms with Crippen LogP contribution in [-0.2, 0) is 0 Å². The molecule has 0 aliphatic carbocycles. The Kier molecular flexibility index (Phi) is 5.97. The van der Waals surface area contributed by atoms with E-state index in [1.165, 1.54) is 41.6 Å². The lowest BCUT2D eigenvalue weighted by molar-refractivity contribution is 0.794. The van der Waals surface area contributed by atoms with Gasteiger partial charge < -0.3 is 0 Å². The number of thioether (sulfide) groups is 4. The minimum absolute atomic E-state index is 0.891. The predicted molar refractivity (Wildman–Crippen MR) is 81.0 cm³/mol. The number of hydrogen-bond donors (Lipinski definition) is 0. The first-order valence-corrected chi connectivity index (χ1v) is 10.1. The Morgan fingerprint density at radius 1 is 1.20 bits per heavy atom. The molecule has 2 rings (SSSR count). The highest BCUT2D eigenvalue weighted by molar-refractivity contribution is 8.09. The van der Waals surface area contributed by atoms with Crippen molar-refractivity contribution in [2.45, 2.75) is 35.5 Å². The third-order valence-corrected chi connectivity index (χ3v) is 7.55. The zero-order valence-electron chi connectivity index (χ0n) is 9.31. The Morgan fingerprint density at radius 3 is 2.53 bits per heavy atom. The Labute approximate surface area is 111 Å². The molecule has 0 saturated carbocycles. The maximum atomic E-state index is 2.40. The Hall–Kier alpha value is 1.40. The third kappa shape index (κ3) is 6.64. The van der Waals surface area contributed by atoms with Gasteiger partial charge in [0.25, 0.3) is 0 Å². The SMILES string of the molecule is CC(CCCSCC1CS1)SCC1CS1. The first kappa shape index (κ1) is 12.8. The molecule has 0 aromatic carbocycles. The van der Waals surface area contributed by atoms with Crippen molar-refractivity contribution < 1.29 is 0 Å². The first-order valence-electron chi connectivity index (χ1n) is 5.77. The van der Waals surface area contributed by atoms with Gasteiger partial charge in [-0.25, -0.2) is 0 Å². The fraction of sp³-hybridized carbons (Fsp3) is 1.00. The summed E-state index contributed by atoms with van der Waals surface area (Å²) in [5, 5.41) is 2.93. The second-order valence-corrected chi connectivity index (χ2v) is 9.56. The Bertz CT molecular complexity index is 177. The fourth-order valence-corrected chi connectivity index (χ4v) is 5.38. The summed E-state index contributed by atoms with van der Waals surface area (Å²) in [6.45, 7) is 2.40. The van der Waals surface area contributed by atoms with Crippen LogP contribution >= 0.6 is 47.0 Å². The molecule has 4 heteroatoms. The highest BCUT2D eigenvalue weighted by Crippen LogP contribution is 2.35. The van der Waals surface area contributed by atoms with E-state index in [9.17, 15) is 0 Å². The molecule has 0 radical (unpaired) electrons. The van der Waals surface area contributed by atoms with Crippen LogP contribution in [0.3, 0.4) is 0 Å². The molecule has 2 fully saturated rings. The lowest BCUT2D eigenvalue weighted by atomic mass is 10.3. The number of rotatable bonds is 9. The topological polar surface area (TPSA) is 0 Å². The van der Waals surface area contributed by atoms with Gasteiger partial charge in [-0.3, -0.25) is 0 Å². The number of hydrogen-bond acceptors (Lipinski definition) is 4. The van der Waals surface area contributed by atoms with Crippen LogP contribution in [0.15, 0.2) is 0 Å². The maximum Gasteiger partial charge on any atom is 0.0229 e. The summed E-state index contributed by atoms with van der Waals surface area (Å²) in [5.41, 5.74) is 0. The van der Waals surface area contributed by atoms with E-state index in [-0.39, 0.29) is 0 Å². The van der Waals surface area contributed by atoms with Crippen LogP contribution in [0.4, 0.5) is 0 Å². The van der Waals surface area contributed by atoms with Crippen molar-refractivity contribution in [1.29, 1.82) is 0 Å². The standard InChI is InChI=1S/C11H20S4/c1-9(13-6-11-8-15-11)3-2-4-12-5-10-7-14-10/h9-11H,2-8H2,1H3. The van der Waals surface area contributed by atoms with Crippen LogP contribution < -0.4 is 0 Å². The van der Waals surface area contributed by atoms with Crippen molar-refractivity contribution >= 4 is 47.0 Å². The molecule has 0 aromatic rings. The maximum absolute atomic E-state index is 2.40. The minimum Gasteiger partial charge on any atom is -0.161 e. The molecule has 0 spiro atoms. The average Bonchev–Trinajstić information content (AvgIpc) is 3.08. The van der Waals surface area contributed by atoms with E-state index in [1.54, 1.807) is 0 Å². The van der Waals surface area contributed by atoms with Crippen molar-refractivity contribution in [2.24, 2.45) is 0 Å². The van der Waals surface area contributed by atoms with Crippen LogP contribution in [0.2, 0.25) is 0 Å². The van der Waals surface area contributed by atoms with Gasteiger partial charge in [-0.2, -0.15) is 47.0 Å². The van der Waals surface area contributed by atoms with E-state index < -0.39 is 0 Å². The van der Waals surface area contributed by atoms with Crippen LogP contribution in [0.25, 0.3) is 0 Å². The summed E-state index contributed by atoms with van der Waals surface area (Å²) in [6.07, 6.45) is 2.85. The van der Waals surface area contributed by atoms with E-state index in [0.29, 0.717) is 0 Å². The first-order chi connectivity index (χ1) is 7.34. The highest BCUT2D eigenvalue weighted by atomic mass is 32.2. The minimum atomic E-state index is 0.891. The molecule has 3 atom stereocenters. The molecule has 0 bridgehead atoms. The summed E-state index contributed by atoms with van der Waals surface area (Å²) in [7, 11) is 0.